The Morgan fingerprint density at radius 3 is 1.21 bits per heavy atom. The van der Waals surface area contributed by atoms with Gasteiger partial charge in [-0.15, -0.1) is 0 Å². The third-order valence-electron chi connectivity index (χ3n) is 38.1. The zero-order valence-corrected chi connectivity index (χ0v) is 86.5. The van der Waals surface area contributed by atoms with E-state index in [0.29, 0.717) is 80.0 Å². The highest BCUT2D eigenvalue weighted by Crippen LogP contribution is 2.77. The summed E-state index contributed by atoms with van der Waals surface area (Å²) in [5, 5.41) is 21.3. The molecule has 20 bridgehead atoms. The molecule has 24 heteroatoms. The van der Waals surface area contributed by atoms with Crippen LogP contribution in [0.1, 0.15) is 392 Å². The minimum absolute atomic E-state index is 0.0578. The lowest BCUT2D eigenvalue weighted by atomic mass is 9.31. The fraction of sp³-hybridized carbons (Fsp3) is 0.899. The van der Waals surface area contributed by atoms with Crippen molar-refractivity contribution in [3.05, 3.63) is 0 Å². The molecule has 22 fully saturated rings. The first-order valence-electron chi connectivity index (χ1n) is 52.2. The van der Waals surface area contributed by atoms with Crippen LogP contribution in [0.15, 0.2) is 0 Å². The van der Waals surface area contributed by atoms with Crippen molar-refractivity contribution in [3.63, 3.8) is 0 Å². The van der Waals surface area contributed by atoms with E-state index < -0.39 is 108 Å². The van der Waals surface area contributed by atoms with Crippen molar-refractivity contribution in [3.8, 4) is 0 Å². The Kier molecular flexibility index (Phi) is 29.3. The van der Waals surface area contributed by atoms with Crippen LogP contribution in [0.4, 0.5) is 0 Å². The van der Waals surface area contributed by atoms with Crippen molar-refractivity contribution < 1.29 is 115 Å². The van der Waals surface area contributed by atoms with Gasteiger partial charge in [-0.3, -0.25) is 43.2 Å². The number of ether oxygens (including phenoxy) is 11. The zero-order chi connectivity index (χ0) is 98.2. The van der Waals surface area contributed by atoms with E-state index in [1.165, 1.54) is 70.6 Å². The Morgan fingerprint density at radius 1 is 0.376 bits per heavy atom. The minimum Gasteiger partial charge on any atom is -0.460 e. The summed E-state index contributed by atoms with van der Waals surface area (Å²) < 4.78 is 62.4. The van der Waals surface area contributed by atoms with Crippen LogP contribution in [0.2, 0.25) is 0 Å². The van der Waals surface area contributed by atoms with Crippen molar-refractivity contribution in [1.29, 1.82) is 0 Å². The summed E-state index contributed by atoms with van der Waals surface area (Å²) in [6.45, 7) is 50.9. The van der Waals surface area contributed by atoms with Crippen LogP contribution < -0.4 is 0 Å². The molecule has 2 aliphatic heterocycles. The maximum Gasteiger partial charge on any atom is 0.350 e. The summed E-state index contributed by atoms with van der Waals surface area (Å²) in [5.41, 5.74) is -7.68. The highest BCUT2D eigenvalue weighted by Gasteiger charge is 2.73. The van der Waals surface area contributed by atoms with Crippen molar-refractivity contribution in [1.82, 2.24) is 0 Å². The Balaban J connectivity index is 0.000000137. The molecule has 20 aliphatic carbocycles. The van der Waals surface area contributed by atoms with Crippen molar-refractivity contribution in [2.75, 3.05) is 6.61 Å². The molecule has 20 saturated carbocycles. The van der Waals surface area contributed by atoms with Crippen LogP contribution >= 0.6 is 0 Å². The molecular formula is C109H172O24. The second-order valence-electron chi connectivity index (χ2n) is 52.4. The van der Waals surface area contributed by atoms with Gasteiger partial charge in [0.2, 0.25) is 5.60 Å². The molecule has 0 amide bonds. The van der Waals surface area contributed by atoms with E-state index in [-0.39, 0.29) is 101 Å². The van der Waals surface area contributed by atoms with E-state index in [9.17, 15) is 63.0 Å². The van der Waals surface area contributed by atoms with Gasteiger partial charge >= 0.3 is 65.7 Å². The zero-order valence-electron chi connectivity index (χ0n) is 86.5. The minimum atomic E-state index is -1.27. The Morgan fingerprint density at radius 2 is 0.782 bits per heavy atom. The van der Waals surface area contributed by atoms with Gasteiger partial charge in [-0.05, 0) is 390 Å². The Labute approximate surface area is 795 Å². The predicted octanol–water partition coefficient (Wildman–Crippen LogP) is 20.1. The van der Waals surface area contributed by atoms with E-state index in [1.807, 2.05) is 138 Å². The number of carbonyl (C=O) groups excluding carboxylic acids is 11. The predicted molar refractivity (Wildman–Crippen MR) is 498 cm³/mol. The Bertz CT molecular complexity index is 4160. The first-order chi connectivity index (χ1) is 61.4. The van der Waals surface area contributed by atoms with Crippen LogP contribution in [0, 0.1) is 150 Å². The van der Waals surface area contributed by atoms with Gasteiger partial charge in [0.1, 0.15) is 52.4 Å². The van der Waals surface area contributed by atoms with Gasteiger partial charge in [0.25, 0.3) is 0 Å². The molecule has 22 aliphatic rings. The highest BCUT2D eigenvalue weighted by atomic mass is 16.6. The summed E-state index contributed by atoms with van der Waals surface area (Å²) in [6, 6.07) is 0. The molecule has 24 nitrogen and oxygen atoms in total. The van der Waals surface area contributed by atoms with Gasteiger partial charge in [-0.1, -0.05) is 60.8 Å². The lowest BCUT2D eigenvalue weighted by Crippen LogP contribution is -2.69. The summed E-state index contributed by atoms with van der Waals surface area (Å²) in [6.07, 6.45) is 30.7. The van der Waals surface area contributed by atoms with E-state index in [0.717, 1.165) is 138 Å². The number of fused-ring (bicyclic) bond motifs is 2. The Hall–Kier alpha value is -5.91. The molecule has 0 spiro atoms. The molecule has 0 aromatic rings. The molecule has 22 rings (SSSR count). The quantitative estimate of drug-likeness (QED) is 0.0633. The summed E-state index contributed by atoms with van der Waals surface area (Å²) in [4.78, 5) is 136. The van der Waals surface area contributed by atoms with Crippen molar-refractivity contribution >= 4 is 65.7 Å². The lowest BCUT2D eigenvalue weighted by Gasteiger charge is -2.74. The third-order valence-corrected chi connectivity index (χ3v) is 38.1. The highest BCUT2D eigenvalue weighted by molar-refractivity contribution is 5.88. The summed E-state index contributed by atoms with van der Waals surface area (Å²) in [5.74, 6) is 5.43. The van der Waals surface area contributed by atoms with Crippen LogP contribution in [0.5, 0.6) is 0 Å². The van der Waals surface area contributed by atoms with Gasteiger partial charge in [-0.25, -0.2) is 9.59 Å². The van der Waals surface area contributed by atoms with Crippen LogP contribution in [0.25, 0.3) is 0 Å². The SMILES string of the molecule is CCC(C)(C)C(=O)OC(C)(C)C(=O)OC(C)(C)C1CCCCC1.CCC(C)(C)C(=O)OC12CC3CC(CC(O)(C3)C1)C2.CCC(C)(C)C(=O)OC12CC3CC(CC(O)(C3)C1)C2.CCC(C)(C)C(=O)OC1C2CC3C(=O)OC1C3C2.CCC(C)(C)C(=O)OC1C2CC3C1OC(=O)C3C2C(=O)OC(C)(C)C.CCC(C)(C)C(=O)OCC(=O)OC(C)(C)C12CC3C4CC5CC3C(C1)C(C5)C4C2. The summed E-state index contributed by atoms with van der Waals surface area (Å²) >= 11 is 0. The molecule has 2 saturated heterocycles. The van der Waals surface area contributed by atoms with Crippen LogP contribution in [-0.2, 0) is 105 Å². The van der Waals surface area contributed by atoms with Crippen LogP contribution in [-0.4, -0.2) is 152 Å². The molecule has 0 aromatic heterocycles. The topological polar surface area (TPSA) is 330 Å². The normalized spacial score (nSPS) is 37.8. The van der Waals surface area contributed by atoms with Gasteiger partial charge in [0.05, 0.1) is 61.4 Å². The van der Waals surface area contributed by atoms with E-state index >= 15 is 0 Å². The fourth-order valence-corrected chi connectivity index (χ4v) is 28.5. The maximum atomic E-state index is 12.7. The molecule has 133 heavy (non-hydrogen) atoms. The van der Waals surface area contributed by atoms with Crippen molar-refractivity contribution in [2.45, 2.75) is 462 Å². The molecule has 15 unspecified atom stereocenters. The average Bonchev–Trinajstić information content (AvgIpc) is 1.54. The number of hydrogen-bond donors (Lipinski definition) is 2. The second kappa shape index (κ2) is 37.3. The van der Waals surface area contributed by atoms with E-state index in [2.05, 4.69) is 13.8 Å². The first kappa shape index (κ1) is 104. The largest absolute Gasteiger partial charge is 0.460 e. The molecule has 0 radical (unpaired) electrons. The standard InChI is InChI=1S/C25H38O4.C19H28O6.C19H34O4.2C16H26O3.C14H20O4/c1-6-23(2,3)22(27)28-13-21(26)29-24(4,5)25-10-18-15-7-14-8-16(18)20(12-25)17(9-14)19(15)11-25;1-7-19(5,6)17(22)24-14-10-8-9-11(15(20)23-13(9)14)12(10)16(21)25-18(2,3)4;1-8-17(2,3)15(20)22-19(6,7)16(21)23-18(4,5)14-12-10-9-11-13-14;2*1-4-14(2,3)13(17)19-16-8-11-5-12(9-16)7-15(18,6-11)10-16;1-4-14(2,3)13(16)18-10-7-5-8-9(6-7)12(15)17-11(8)10/h14-20H,6-13H2,1-5H3;9-14H,7-8H2,1-6H3;14H,8-13H2,1-7H3;2*11-12,18H,4-10H2,1-3H3;7-11H,4-6H2,1-3H3. The summed E-state index contributed by atoms with van der Waals surface area (Å²) in [7, 11) is 0. The third kappa shape index (κ3) is 21.1. The van der Waals surface area contributed by atoms with Gasteiger partial charge < -0.3 is 62.3 Å². The maximum absolute atomic E-state index is 12.7. The molecule has 0 aromatic carbocycles. The number of hydrogen-bond acceptors (Lipinski definition) is 24. The van der Waals surface area contributed by atoms with Crippen molar-refractivity contribution in [2.24, 2.45) is 150 Å². The average molecular weight is 1870 g/mol. The number of carbonyl (C=O) groups is 11. The van der Waals surface area contributed by atoms with Crippen LogP contribution in [0.3, 0.4) is 0 Å². The molecule has 15 atom stereocenters. The molecule has 2 heterocycles. The lowest BCUT2D eigenvalue weighted by molar-refractivity contribution is -0.273. The number of aliphatic hydroxyl groups is 2. The molecule has 752 valence electrons. The van der Waals surface area contributed by atoms with Gasteiger partial charge in [-0.2, -0.15) is 0 Å². The molecule has 2 N–H and O–H groups in total. The molecular weight excluding hydrogens is 1690 g/mol. The fourth-order valence-electron chi connectivity index (χ4n) is 28.5. The first-order valence-corrected chi connectivity index (χ1v) is 52.2. The van der Waals surface area contributed by atoms with Gasteiger partial charge in [0.15, 0.2) is 6.61 Å². The second-order valence-corrected chi connectivity index (χ2v) is 52.4. The van der Waals surface area contributed by atoms with E-state index in [1.54, 1.807) is 34.6 Å². The van der Waals surface area contributed by atoms with Gasteiger partial charge in [0, 0.05) is 41.9 Å². The number of rotatable bonds is 25. The van der Waals surface area contributed by atoms with E-state index in [4.69, 9.17) is 52.1 Å². The monoisotopic (exact) mass is 1870 g/mol. The number of esters is 11. The smallest absolute Gasteiger partial charge is 0.350 e.